The number of benzene rings is 1. The number of anilines is 2. The van der Waals surface area contributed by atoms with Crippen LogP contribution in [0.2, 0.25) is 0 Å². The van der Waals surface area contributed by atoms with Gasteiger partial charge in [-0.15, -0.1) is 0 Å². The number of carbonyl (C=O) groups is 1. The Labute approximate surface area is 120 Å². The molecule has 0 spiro atoms. The molecule has 2 rings (SSSR count). The number of aliphatic hydroxyl groups excluding tert-OH is 1. The van der Waals surface area contributed by atoms with Crippen LogP contribution in [-0.4, -0.2) is 43.4 Å². The van der Waals surface area contributed by atoms with Gasteiger partial charge in [-0.1, -0.05) is 14.4 Å². The van der Waals surface area contributed by atoms with Gasteiger partial charge in [-0.3, -0.25) is 4.79 Å². The lowest BCUT2D eigenvalue weighted by molar-refractivity contribution is -0.125. The first-order valence-electron chi connectivity index (χ1n) is 6.61. The van der Waals surface area contributed by atoms with Crippen LogP contribution in [0.15, 0.2) is 24.3 Å². The van der Waals surface area contributed by atoms with E-state index in [2.05, 4.69) is 5.32 Å². The Balaban J connectivity index is 0.00000200. The fraction of sp³-hybridized carbons (Fsp3) is 0.533. The summed E-state index contributed by atoms with van der Waals surface area (Å²) in [6.45, 7) is 3.81. The smallest absolute Gasteiger partial charge is 0.253 e. The maximum absolute atomic E-state index is 11.7. The minimum absolute atomic E-state index is 0. The second-order valence-electron chi connectivity index (χ2n) is 4.59. The highest BCUT2D eigenvalue weighted by Gasteiger charge is 2.19. The topological polar surface area (TPSA) is 61.8 Å². The van der Waals surface area contributed by atoms with E-state index in [1.807, 2.05) is 31.2 Å². The van der Waals surface area contributed by atoms with Crippen molar-refractivity contribution in [3.05, 3.63) is 24.3 Å². The summed E-state index contributed by atoms with van der Waals surface area (Å²) in [6.07, 6.45) is 0.397. The first-order chi connectivity index (χ1) is 9.20. The van der Waals surface area contributed by atoms with Gasteiger partial charge < -0.3 is 20.1 Å². The van der Waals surface area contributed by atoms with Crippen LogP contribution < -0.4 is 10.2 Å². The zero-order valence-corrected chi connectivity index (χ0v) is 11.1. The average Bonchev–Trinajstić information content (AvgIpc) is 2.46. The molecule has 0 radical (unpaired) electrons. The molecule has 112 valence electrons. The monoisotopic (exact) mass is 280 g/mol. The molecule has 1 aliphatic rings. The van der Waals surface area contributed by atoms with Crippen molar-refractivity contribution in [2.24, 2.45) is 0 Å². The molecule has 2 N–H and O–H groups in total. The van der Waals surface area contributed by atoms with E-state index >= 15 is 0 Å². The van der Waals surface area contributed by atoms with E-state index in [9.17, 15) is 9.90 Å². The zero-order valence-electron chi connectivity index (χ0n) is 11.1. The zero-order chi connectivity index (χ0) is 13.7. The van der Waals surface area contributed by atoms with Crippen molar-refractivity contribution in [3.63, 3.8) is 0 Å². The highest BCUT2D eigenvalue weighted by atomic mass is 16.5. The first kappa shape index (κ1) is 16.5. The lowest BCUT2D eigenvalue weighted by Gasteiger charge is -2.27. The van der Waals surface area contributed by atoms with E-state index in [4.69, 9.17) is 4.74 Å². The van der Waals surface area contributed by atoms with Gasteiger partial charge in [0.15, 0.2) is 0 Å². The van der Waals surface area contributed by atoms with Gasteiger partial charge >= 0.3 is 0 Å². The Hall–Kier alpha value is -1.59. The molecule has 1 fully saturated rings. The molecule has 1 aromatic rings. The summed E-state index contributed by atoms with van der Waals surface area (Å²) >= 11 is 0. The number of ether oxygens (including phenoxy) is 1. The van der Waals surface area contributed by atoms with Crippen molar-refractivity contribution >= 4 is 17.3 Å². The van der Waals surface area contributed by atoms with Gasteiger partial charge in [0, 0.05) is 24.5 Å². The quantitative estimate of drug-likeness (QED) is 0.864. The molecule has 1 aliphatic heterocycles. The number of amides is 1. The van der Waals surface area contributed by atoms with E-state index in [-0.39, 0.29) is 26.0 Å². The second kappa shape index (κ2) is 7.87. The van der Waals surface area contributed by atoms with Gasteiger partial charge in [0.25, 0.3) is 5.91 Å². The van der Waals surface area contributed by atoms with Gasteiger partial charge in [0.2, 0.25) is 0 Å². The third kappa shape index (κ3) is 4.21. The minimum atomic E-state index is -0.333. The third-order valence-corrected chi connectivity index (χ3v) is 3.18. The molecular weight excluding hydrogens is 256 g/mol. The molecule has 1 heterocycles. The minimum Gasteiger partial charge on any atom is -0.391 e. The summed E-state index contributed by atoms with van der Waals surface area (Å²) in [6, 6.07) is 7.65. The van der Waals surface area contributed by atoms with Crippen LogP contribution in [-0.2, 0) is 9.53 Å². The Morgan fingerprint density at radius 3 is 2.70 bits per heavy atom. The lowest BCUT2D eigenvalue weighted by atomic mass is 10.2. The van der Waals surface area contributed by atoms with Crippen molar-refractivity contribution in [1.82, 2.24) is 0 Å². The molecule has 1 saturated heterocycles. The summed E-state index contributed by atoms with van der Waals surface area (Å²) in [5, 5.41) is 12.6. The van der Waals surface area contributed by atoms with E-state index in [0.29, 0.717) is 19.7 Å². The van der Waals surface area contributed by atoms with E-state index in [1.54, 1.807) is 4.90 Å². The molecule has 1 unspecified atom stereocenters. The molecule has 0 bridgehead atoms. The van der Waals surface area contributed by atoms with Gasteiger partial charge in [-0.25, -0.2) is 0 Å². The Bertz CT molecular complexity index is 420. The predicted octanol–water partition coefficient (Wildman–Crippen LogP) is 1.87. The van der Waals surface area contributed by atoms with Crippen LogP contribution in [0.1, 0.15) is 20.8 Å². The third-order valence-electron chi connectivity index (χ3n) is 3.18. The van der Waals surface area contributed by atoms with Crippen molar-refractivity contribution < 1.29 is 14.6 Å². The van der Waals surface area contributed by atoms with Gasteiger partial charge in [0.05, 0.1) is 12.7 Å². The van der Waals surface area contributed by atoms with Crippen LogP contribution in [0.4, 0.5) is 11.4 Å². The summed E-state index contributed by atoms with van der Waals surface area (Å²) < 4.78 is 5.10. The SMILES string of the molecule is C.CCC(O)CNc1ccc(N2CCOCC2=O)cc1. The van der Waals surface area contributed by atoms with Crippen molar-refractivity contribution in [2.75, 3.05) is 36.5 Å². The van der Waals surface area contributed by atoms with Crippen molar-refractivity contribution in [1.29, 1.82) is 0 Å². The fourth-order valence-electron chi connectivity index (χ4n) is 1.93. The Kier molecular flexibility index (Phi) is 6.48. The molecule has 1 aromatic carbocycles. The van der Waals surface area contributed by atoms with E-state index < -0.39 is 0 Å². The number of aliphatic hydroxyl groups is 1. The largest absolute Gasteiger partial charge is 0.391 e. The van der Waals surface area contributed by atoms with Gasteiger partial charge in [0.1, 0.15) is 6.61 Å². The predicted molar refractivity (Wildman–Crippen MR) is 81.1 cm³/mol. The number of morpholine rings is 1. The molecule has 5 nitrogen and oxygen atoms in total. The Morgan fingerprint density at radius 1 is 1.40 bits per heavy atom. The maximum atomic E-state index is 11.7. The van der Waals surface area contributed by atoms with Gasteiger partial charge in [-0.05, 0) is 30.7 Å². The fourth-order valence-corrected chi connectivity index (χ4v) is 1.93. The maximum Gasteiger partial charge on any atom is 0.253 e. The number of hydrogen-bond donors (Lipinski definition) is 2. The molecule has 0 aromatic heterocycles. The summed E-state index contributed by atoms with van der Waals surface area (Å²) in [5.41, 5.74) is 1.83. The summed E-state index contributed by atoms with van der Waals surface area (Å²) in [7, 11) is 0. The van der Waals surface area contributed by atoms with Crippen LogP contribution in [0, 0.1) is 0 Å². The summed E-state index contributed by atoms with van der Waals surface area (Å²) in [5.74, 6) is -0.00614. The number of nitrogens with zero attached hydrogens (tertiary/aromatic N) is 1. The summed E-state index contributed by atoms with van der Waals surface area (Å²) in [4.78, 5) is 13.4. The standard InChI is InChI=1S/C14H20N2O3.CH4/c1-2-13(17)9-15-11-3-5-12(6-4-11)16-7-8-19-10-14(16)18;/h3-6,13,15,17H,2,7-10H2,1H3;1H4. The molecule has 1 atom stereocenters. The van der Waals surface area contributed by atoms with Crippen LogP contribution in [0.5, 0.6) is 0 Å². The molecule has 0 saturated carbocycles. The second-order valence-corrected chi connectivity index (χ2v) is 4.59. The number of nitrogens with one attached hydrogen (secondary N) is 1. The average molecular weight is 280 g/mol. The number of hydrogen-bond acceptors (Lipinski definition) is 4. The van der Waals surface area contributed by atoms with Crippen LogP contribution in [0.25, 0.3) is 0 Å². The van der Waals surface area contributed by atoms with Gasteiger partial charge in [-0.2, -0.15) is 0 Å². The number of carbonyl (C=O) groups excluding carboxylic acids is 1. The van der Waals surface area contributed by atoms with Crippen LogP contribution >= 0.6 is 0 Å². The van der Waals surface area contributed by atoms with Crippen LogP contribution in [0.3, 0.4) is 0 Å². The Morgan fingerprint density at radius 2 is 2.10 bits per heavy atom. The molecular formula is C15H24N2O3. The first-order valence-corrected chi connectivity index (χ1v) is 6.61. The molecule has 20 heavy (non-hydrogen) atoms. The molecule has 0 aliphatic carbocycles. The van der Waals surface area contributed by atoms with Crippen molar-refractivity contribution in [2.45, 2.75) is 26.9 Å². The van der Waals surface area contributed by atoms with E-state index in [1.165, 1.54) is 0 Å². The molecule has 1 amide bonds. The normalized spacial score (nSPS) is 16.5. The highest BCUT2D eigenvalue weighted by molar-refractivity contribution is 5.94. The molecule has 5 heteroatoms. The van der Waals surface area contributed by atoms with E-state index in [0.717, 1.165) is 17.8 Å². The van der Waals surface area contributed by atoms with Crippen molar-refractivity contribution in [3.8, 4) is 0 Å². The number of rotatable bonds is 5. The highest BCUT2D eigenvalue weighted by Crippen LogP contribution is 2.19. The lowest BCUT2D eigenvalue weighted by Crippen LogP contribution is -2.41.